The van der Waals surface area contributed by atoms with Gasteiger partial charge in [0.15, 0.2) is 5.76 Å². The van der Waals surface area contributed by atoms with Gasteiger partial charge in [-0.3, -0.25) is 0 Å². The van der Waals surface area contributed by atoms with Crippen molar-refractivity contribution in [2.45, 2.75) is 19.4 Å². The first kappa shape index (κ1) is 12.1. The molecule has 1 heterocycles. The predicted molar refractivity (Wildman–Crippen MR) is 64.1 cm³/mol. The number of nitrogens with zero attached hydrogens (tertiary/aromatic N) is 1. The highest BCUT2D eigenvalue weighted by Gasteiger charge is 2.14. The van der Waals surface area contributed by atoms with E-state index in [4.69, 9.17) is 21.9 Å². The Morgan fingerprint density at radius 2 is 2.24 bits per heavy atom. The molecule has 1 unspecified atom stereocenters. The zero-order valence-corrected chi connectivity index (χ0v) is 10.0. The molecule has 5 heteroatoms. The largest absolute Gasteiger partial charge is 0.359 e. The molecule has 0 radical (unpaired) electrons. The van der Waals surface area contributed by atoms with Crippen molar-refractivity contribution in [2.24, 2.45) is 5.73 Å². The van der Waals surface area contributed by atoms with Gasteiger partial charge in [0.1, 0.15) is 11.5 Å². The van der Waals surface area contributed by atoms with E-state index in [2.05, 4.69) is 5.16 Å². The van der Waals surface area contributed by atoms with E-state index in [1.807, 2.05) is 6.92 Å². The number of benzene rings is 1. The van der Waals surface area contributed by atoms with Crippen LogP contribution in [0.3, 0.4) is 0 Å². The second-order valence-electron chi connectivity index (χ2n) is 3.75. The Labute approximate surface area is 103 Å². The number of aromatic nitrogens is 1. The average molecular weight is 255 g/mol. The number of nitrogens with two attached hydrogens (primary N) is 1. The van der Waals surface area contributed by atoms with E-state index in [0.717, 1.165) is 6.42 Å². The predicted octanol–water partition coefficient (Wildman–Crippen LogP) is 3.54. The fraction of sp³-hybridized carbons (Fsp3) is 0.250. The minimum absolute atomic E-state index is 0.224. The molecule has 0 aliphatic carbocycles. The van der Waals surface area contributed by atoms with Crippen LogP contribution in [0.5, 0.6) is 0 Å². The van der Waals surface area contributed by atoms with E-state index in [1.54, 1.807) is 6.07 Å². The summed E-state index contributed by atoms with van der Waals surface area (Å²) < 4.78 is 18.7. The third-order valence-corrected chi connectivity index (χ3v) is 2.77. The summed E-state index contributed by atoms with van der Waals surface area (Å²) in [5.41, 5.74) is 6.52. The first-order valence-corrected chi connectivity index (χ1v) is 5.67. The van der Waals surface area contributed by atoms with E-state index < -0.39 is 0 Å². The van der Waals surface area contributed by atoms with Crippen molar-refractivity contribution in [1.29, 1.82) is 0 Å². The lowest BCUT2D eigenvalue weighted by molar-refractivity contribution is 0.360. The molecule has 0 saturated heterocycles. The summed E-state index contributed by atoms with van der Waals surface area (Å²) in [4.78, 5) is 0. The van der Waals surface area contributed by atoms with Gasteiger partial charge < -0.3 is 10.3 Å². The van der Waals surface area contributed by atoms with Crippen molar-refractivity contribution in [3.8, 4) is 11.3 Å². The van der Waals surface area contributed by atoms with Gasteiger partial charge in [0.2, 0.25) is 0 Å². The molecule has 0 fully saturated rings. The van der Waals surface area contributed by atoms with Crippen LogP contribution >= 0.6 is 11.6 Å². The molecule has 1 aromatic carbocycles. The highest BCUT2D eigenvalue weighted by atomic mass is 35.5. The van der Waals surface area contributed by atoms with Crippen molar-refractivity contribution in [3.63, 3.8) is 0 Å². The van der Waals surface area contributed by atoms with Crippen molar-refractivity contribution < 1.29 is 8.91 Å². The first-order chi connectivity index (χ1) is 8.11. The van der Waals surface area contributed by atoms with Gasteiger partial charge in [-0.15, -0.1) is 0 Å². The fourth-order valence-electron chi connectivity index (χ4n) is 1.49. The molecular weight excluding hydrogens is 243 g/mol. The Hall–Kier alpha value is -1.39. The molecule has 2 aromatic rings. The monoisotopic (exact) mass is 254 g/mol. The van der Waals surface area contributed by atoms with Crippen LogP contribution in [0.4, 0.5) is 4.39 Å². The molecule has 0 aliphatic rings. The van der Waals surface area contributed by atoms with Gasteiger partial charge in [-0.2, -0.15) is 0 Å². The molecule has 2 rings (SSSR count). The lowest BCUT2D eigenvalue weighted by atomic mass is 10.1. The fourth-order valence-corrected chi connectivity index (χ4v) is 1.66. The maximum Gasteiger partial charge on any atom is 0.154 e. The third-order valence-electron chi connectivity index (χ3n) is 2.54. The van der Waals surface area contributed by atoms with Crippen LogP contribution in [0.2, 0.25) is 5.02 Å². The minimum Gasteiger partial charge on any atom is -0.359 e. The lowest BCUT2D eigenvalue weighted by Crippen LogP contribution is -2.06. The van der Waals surface area contributed by atoms with Crippen molar-refractivity contribution >= 4 is 11.6 Å². The van der Waals surface area contributed by atoms with Crippen molar-refractivity contribution in [3.05, 3.63) is 40.9 Å². The molecule has 3 nitrogen and oxygen atoms in total. The molecule has 17 heavy (non-hydrogen) atoms. The Morgan fingerprint density at radius 1 is 1.47 bits per heavy atom. The summed E-state index contributed by atoms with van der Waals surface area (Å²) >= 11 is 5.81. The Morgan fingerprint density at radius 3 is 2.94 bits per heavy atom. The van der Waals surface area contributed by atoms with Gasteiger partial charge >= 0.3 is 0 Å². The van der Waals surface area contributed by atoms with Crippen LogP contribution in [0.1, 0.15) is 25.1 Å². The van der Waals surface area contributed by atoms with Gasteiger partial charge in [-0.1, -0.05) is 23.7 Å². The Balaban J connectivity index is 2.40. The van der Waals surface area contributed by atoms with E-state index >= 15 is 0 Å². The SMILES string of the molecule is CCC(N)c1cc(-c2cc(Cl)ccc2F)no1. The molecule has 0 bridgehead atoms. The van der Waals surface area contributed by atoms with Gasteiger partial charge in [0.05, 0.1) is 6.04 Å². The second kappa shape index (κ2) is 4.85. The van der Waals surface area contributed by atoms with Crippen molar-refractivity contribution in [1.82, 2.24) is 5.16 Å². The van der Waals surface area contributed by atoms with Crippen LogP contribution in [-0.4, -0.2) is 5.16 Å². The minimum atomic E-state index is -0.390. The molecule has 90 valence electrons. The van der Waals surface area contributed by atoms with Gasteiger partial charge in [0.25, 0.3) is 0 Å². The van der Waals surface area contributed by atoms with Crippen LogP contribution in [0, 0.1) is 5.82 Å². The highest BCUT2D eigenvalue weighted by Crippen LogP contribution is 2.27. The maximum atomic E-state index is 13.6. The second-order valence-corrected chi connectivity index (χ2v) is 4.19. The highest BCUT2D eigenvalue weighted by molar-refractivity contribution is 6.30. The standard InChI is InChI=1S/C12H12ClFN2O/c1-2-10(15)12-6-11(16-17-12)8-5-7(13)3-4-9(8)14/h3-6,10H,2,15H2,1H3. The molecule has 0 amide bonds. The topological polar surface area (TPSA) is 52.0 Å². The Bertz CT molecular complexity index is 527. The van der Waals surface area contributed by atoms with E-state index in [0.29, 0.717) is 22.0 Å². The van der Waals surface area contributed by atoms with E-state index in [9.17, 15) is 4.39 Å². The molecule has 1 atom stereocenters. The van der Waals surface area contributed by atoms with Gasteiger partial charge in [0, 0.05) is 16.7 Å². The molecular formula is C12H12ClFN2O. The first-order valence-electron chi connectivity index (χ1n) is 5.29. The van der Waals surface area contributed by atoms with Crippen LogP contribution < -0.4 is 5.73 Å². The van der Waals surface area contributed by atoms with E-state index in [-0.39, 0.29) is 11.9 Å². The summed E-state index contributed by atoms with van der Waals surface area (Å²) in [7, 11) is 0. The smallest absolute Gasteiger partial charge is 0.154 e. The normalized spacial score (nSPS) is 12.7. The molecule has 2 N–H and O–H groups in total. The zero-order chi connectivity index (χ0) is 12.4. The van der Waals surface area contributed by atoms with Crippen LogP contribution in [0.15, 0.2) is 28.8 Å². The van der Waals surface area contributed by atoms with E-state index in [1.165, 1.54) is 18.2 Å². The number of rotatable bonds is 3. The molecule has 1 aromatic heterocycles. The number of hydrogen-bond donors (Lipinski definition) is 1. The molecule has 0 aliphatic heterocycles. The summed E-state index contributed by atoms with van der Waals surface area (Å²) in [6.45, 7) is 1.94. The van der Waals surface area contributed by atoms with Gasteiger partial charge in [-0.25, -0.2) is 4.39 Å². The summed E-state index contributed by atoms with van der Waals surface area (Å²) in [5.74, 6) is 0.154. The third kappa shape index (κ3) is 2.48. The number of hydrogen-bond acceptors (Lipinski definition) is 3. The summed E-state index contributed by atoms with van der Waals surface area (Å²) in [6.07, 6.45) is 0.729. The van der Waals surface area contributed by atoms with Crippen LogP contribution in [0.25, 0.3) is 11.3 Å². The average Bonchev–Trinajstić information content (AvgIpc) is 2.80. The van der Waals surface area contributed by atoms with Crippen LogP contribution in [-0.2, 0) is 0 Å². The molecule has 0 spiro atoms. The lowest BCUT2D eigenvalue weighted by Gasteiger charge is -2.01. The molecule has 0 saturated carbocycles. The maximum absolute atomic E-state index is 13.6. The quantitative estimate of drug-likeness (QED) is 0.911. The Kier molecular flexibility index (Phi) is 3.45. The summed E-state index contributed by atoms with van der Waals surface area (Å²) in [5, 5.41) is 4.25. The number of halogens is 2. The van der Waals surface area contributed by atoms with Gasteiger partial charge in [-0.05, 0) is 24.6 Å². The van der Waals surface area contributed by atoms with Crippen molar-refractivity contribution in [2.75, 3.05) is 0 Å². The summed E-state index contributed by atoms with van der Waals surface area (Å²) in [6, 6.07) is 5.71. The zero-order valence-electron chi connectivity index (χ0n) is 9.28.